The smallest absolute Gasteiger partial charge is 0.317 e. The largest absolute Gasteiger partial charge is 0.399 e. The number of piperazine rings is 1. The molecule has 0 aliphatic carbocycles. The van der Waals surface area contributed by atoms with Crippen LogP contribution >= 0.6 is 0 Å². The number of nitrogen functional groups attached to an aromatic ring is 1. The van der Waals surface area contributed by atoms with Gasteiger partial charge in [0.1, 0.15) is 0 Å². The lowest BCUT2D eigenvalue weighted by molar-refractivity contribution is 0.135. The van der Waals surface area contributed by atoms with Gasteiger partial charge in [0.05, 0.1) is 0 Å². The molecule has 104 valence electrons. The molecule has 2 rings (SSSR count). The average molecular weight is 262 g/mol. The van der Waals surface area contributed by atoms with Gasteiger partial charge < -0.3 is 16.0 Å². The van der Waals surface area contributed by atoms with E-state index in [9.17, 15) is 4.79 Å². The van der Waals surface area contributed by atoms with E-state index >= 15 is 0 Å². The van der Waals surface area contributed by atoms with E-state index < -0.39 is 0 Å². The van der Waals surface area contributed by atoms with Crippen LogP contribution in [0.4, 0.5) is 10.5 Å². The Hall–Kier alpha value is -1.75. The molecule has 0 radical (unpaired) electrons. The third kappa shape index (κ3) is 3.86. The number of nitrogens with two attached hydrogens (primary N) is 1. The number of hydrogen-bond donors (Lipinski definition) is 2. The van der Waals surface area contributed by atoms with Crippen molar-refractivity contribution in [2.45, 2.75) is 13.5 Å². The fourth-order valence-electron chi connectivity index (χ4n) is 2.32. The molecule has 0 aromatic heterocycles. The SMILES string of the molecule is CCNC(=O)N1CCN(Cc2cccc(N)c2)CC1. The Morgan fingerprint density at radius 2 is 2.05 bits per heavy atom. The number of hydrogen-bond acceptors (Lipinski definition) is 3. The van der Waals surface area contributed by atoms with Crippen molar-refractivity contribution in [2.24, 2.45) is 0 Å². The summed E-state index contributed by atoms with van der Waals surface area (Å²) in [5, 5.41) is 2.84. The summed E-state index contributed by atoms with van der Waals surface area (Å²) < 4.78 is 0. The molecule has 1 aromatic rings. The number of amides is 2. The van der Waals surface area contributed by atoms with E-state index in [-0.39, 0.29) is 6.03 Å². The van der Waals surface area contributed by atoms with Crippen LogP contribution in [0.25, 0.3) is 0 Å². The van der Waals surface area contributed by atoms with Gasteiger partial charge in [0, 0.05) is 45.0 Å². The van der Waals surface area contributed by atoms with Crippen LogP contribution in [0, 0.1) is 0 Å². The number of carbonyl (C=O) groups excluding carboxylic acids is 1. The molecule has 5 heteroatoms. The molecular formula is C14H22N4O. The summed E-state index contributed by atoms with van der Waals surface area (Å²) in [6.07, 6.45) is 0. The summed E-state index contributed by atoms with van der Waals surface area (Å²) in [5.74, 6) is 0. The number of anilines is 1. The van der Waals surface area contributed by atoms with Gasteiger partial charge in [-0.3, -0.25) is 4.90 Å². The summed E-state index contributed by atoms with van der Waals surface area (Å²) in [7, 11) is 0. The Kier molecular flexibility index (Phi) is 4.63. The molecule has 2 amide bonds. The normalized spacial score (nSPS) is 16.4. The highest BCUT2D eigenvalue weighted by atomic mass is 16.2. The summed E-state index contributed by atoms with van der Waals surface area (Å²) in [6.45, 7) is 6.91. The van der Waals surface area contributed by atoms with Gasteiger partial charge in [0.2, 0.25) is 0 Å². The van der Waals surface area contributed by atoms with Crippen LogP contribution in [0.1, 0.15) is 12.5 Å². The fourth-order valence-corrected chi connectivity index (χ4v) is 2.32. The van der Waals surface area contributed by atoms with Gasteiger partial charge in [-0.15, -0.1) is 0 Å². The summed E-state index contributed by atoms with van der Waals surface area (Å²) >= 11 is 0. The molecule has 0 atom stereocenters. The topological polar surface area (TPSA) is 61.6 Å². The molecule has 0 unspecified atom stereocenters. The van der Waals surface area contributed by atoms with E-state index in [2.05, 4.69) is 16.3 Å². The highest BCUT2D eigenvalue weighted by Crippen LogP contribution is 2.11. The zero-order chi connectivity index (χ0) is 13.7. The molecule has 5 nitrogen and oxygen atoms in total. The predicted octanol–water partition coefficient (Wildman–Crippen LogP) is 1.12. The maximum atomic E-state index is 11.7. The third-order valence-electron chi connectivity index (χ3n) is 3.34. The van der Waals surface area contributed by atoms with Gasteiger partial charge >= 0.3 is 6.03 Å². The monoisotopic (exact) mass is 262 g/mol. The molecule has 0 saturated carbocycles. The van der Waals surface area contributed by atoms with Crippen molar-refractivity contribution in [3.05, 3.63) is 29.8 Å². The molecule has 1 fully saturated rings. The summed E-state index contributed by atoms with van der Waals surface area (Å²) in [5.41, 5.74) is 7.81. The molecule has 1 saturated heterocycles. The van der Waals surface area contributed by atoms with Gasteiger partial charge in [-0.2, -0.15) is 0 Å². The van der Waals surface area contributed by atoms with E-state index in [0.717, 1.165) is 38.4 Å². The van der Waals surface area contributed by atoms with Crippen LogP contribution in [0.3, 0.4) is 0 Å². The first-order valence-corrected chi connectivity index (χ1v) is 6.78. The lowest BCUT2D eigenvalue weighted by Gasteiger charge is -2.34. The minimum absolute atomic E-state index is 0.0473. The first-order chi connectivity index (χ1) is 9.19. The molecule has 0 spiro atoms. The van der Waals surface area contributed by atoms with E-state index in [1.54, 1.807) is 0 Å². The van der Waals surface area contributed by atoms with E-state index in [0.29, 0.717) is 6.54 Å². The Bertz CT molecular complexity index is 427. The van der Waals surface area contributed by atoms with Crippen LogP contribution in [-0.4, -0.2) is 48.6 Å². The quantitative estimate of drug-likeness (QED) is 0.802. The van der Waals surface area contributed by atoms with Crippen molar-refractivity contribution >= 4 is 11.7 Å². The molecule has 3 N–H and O–H groups in total. The van der Waals surface area contributed by atoms with E-state index in [4.69, 9.17) is 5.73 Å². The minimum atomic E-state index is 0.0473. The van der Waals surface area contributed by atoms with Crippen molar-refractivity contribution in [3.63, 3.8) is 0 Å². The number of carbonyl (C=O) groups is 1. The van der Waals surface area contributed by atoms with Crippen LogP contribution in [-0.2, 0) is 6.54 Å². The van der Waals surface area contributed by atoms with Crippen LogP contribution in [0.15, 0.2) is 24.3 Å². The van der Waals surface area contributed by atoms with Crippen LogP contribution < -0.4 is 11.1 Å². The zero-order valence-corrected chi connectivity index (χ0v) is 11.4. The highest BCUT2D eigenvalue weighted by molar-refractivity contribution is 5.74. The number of nitrogens with zero attached hydrogens (tertiary/aromatic N) is 2. The highest BCUT2D eigenvalue weighted by Gasteiger charge is 2.20. The molecule has 0 bridgehead atoms. The summed E-state index contributed by atoms with van der Waals surface area (Å²) in [6, 6.07) is 8.03. The van der Waals surface area contributed by atoms with Crippen LogP contribution in [0.5, 0.6) is 0 Å². The molecular weight excluding hydrogens is 240 g/mol. The van der Waals surface area contributed by atoms with Gasteiger partial charge in [0.15, 0.2) is 0 Å². The standard InChI is InChI=1S/C14H22N4O/c1-2-16-14(19)18-8-6-17(7-9-18)11-12-4-3-5-13(15)10-12/h3-5,10H,2,6-9,11,15H2,1H3,(H,16,19). The van der Waals surface area contributed by atoms with Gasteiger partial charge in [-0.1, -0.05) is 12.1 Å². The molecule has 1 aliphatic rings. The Morgan fingerprint density at radius 1 is 1.32 bits per heavy atom. The van der Waals surface area contributed by atoms with Crippen LogP contribution in [0.2, 0.25) is 0 Å². The fraction of sp³-hybridized carbons (Fsp3) is 0.500. The molecule has 1 heterocycles. The second-order valence-corrected chi connectivity index (χ2v) is 4.84. The van der Waals surface area contributed by atoms with E-state index in [1.165, 1.54) is 5.56 Å². The maximum Gasteiger partial charge on any atom is 0.317 e. The minimum Gasteiger partial charge on any atom is -0.399 e. The van der Waals surface area contributed by atoms with Gasteiger partial charge in [-0.05, 0) is 24.6 Å². The van der Waals surface area contributed by atoms with Crippen molar-refractivity contribution in [2.75, 3.05) is 38.5 Å². The lowest BCUT2D eigenvalue weighted by Crippen LogP contribution is -2.51. The number of benzene rings is 1. The van der Waals surface area contributed by atoms with Gasteiger partial charge in [-0.25, -0.2) is 4.79 Å². The van der Waals surface area contributed by atoms with Crippen molar-refractivity contribution < 1.29 is 4.79 Å². The summed E-state index contributed by atoms with van der Waals surface area (Å²) in [4.78, 5) is 15.9. The second-order valence-electron chi connectivity index (χ2n) is 4.84. The third-order valence-corrected chi connectivity index (χ3v) is 3.34. The maximum absolute atomic E-state index is 11.7. The first kappa shape index (κ1) is 13.7. The average Bonchev–Trinajstić information content (AvgIpc) is 2.40. The van der Waals surface area contributed by atoms with E-state index in [1.807, 2.05) is 30.0 Å². The Labute approximate surface area is 114 Å². The number of nitrogens with one attached hydrogen (secondary N) is 1. The van der Waals surface area contributed by atoms with Crippen molar-refractivity contribution in [1.82, 2.24) is 15.1 Å². The number of urea groups is 1. The van der Waals surface area contributed by atoms with Crippen molar-refractivity contribution in [3.8, 4) is 0 Å². The molecule has 19 heavy (non-hydrogen) atoms. The van der Waals surface area contributed by atoms with Gasteiger partial charge in [0.25, 0.3) is 0 Å². The van der Waals surface area contributed by atoms with Crippen molar-refractivity contribution in [1.29, 1.82) is 0 Å². The Balaban J connectivity index is 1.82. The predicted molar refractivity (Wildman–Crippen MR) is 76.8 cm³/mol. The Morgan fingerprint density at radius 3 is 2.68 bits per heavy atom. The molecule has 1 aliphatic heterocycles. The first-order valence-electron chi connectivity index (χ1n) is 6.78. The number of rotatable bonds is 3. The lowest BCUT2D eigenvalue weighted by atomic mass is 10.2. The zero-order valence-electron chi connectivity index (χ0n) is 11.4. The second kappa shape index (κ2) is 6.43. The molecule has 1 aromatic carbocycles.